The molecule has 25 heavy (non-hydrogen) atoms. The highest BCUT2D eigenvalue weighted by Gasteiger charge is 2.10. The Hall–Kier alpha value is -3.12. The molecular formula is C19H19N3O3. The first-order chi connectivity index (χ1) is 12.1. The molecule has 1 amide bonds. The second-order valence-electron chi connectivity index (χ2n) is 5.62. The number of nitrogens with one attached hydrogen (secondary N) is 1. The third-order valence-electron chi connectivity index (χ3n) is 3.65. The molecule has 0 aliphatic carbocycles. The number of hydrogen-bond acceptors (Lipinski definition) is 4. The number of ether oxygens (including phenoxy) is 1. The molecule has 0 spiro atoms. The second kappa shape index (κ2) is 7.63. The Balaban J connectivity index is 1.60. The first-order valence-electron chi connectivity index (χ1n) is 7.88. The van der Waals surface area contributed by atoms with E-state index in [1.807, 2.05) is 30.3 Å². The number of rotatable bonds is 6. The van der Waals surface area contributed by atoms with Crippen LogP contribution in [0.25, 0.3) is 0 Å². The van der Waals surface area contributed by atoms with Crippen LogP contribution in [0.2, 0.25) is 0 Å². The number of aryl methyl sites for hydroxylation is 1. The number of carbonyl (C=O) groups excluding carboxylic acids is 1. The molecule has 3 aromatic rings. The monoisotopic (exact) mass is 337 g/mol. The molecule has 0 bridgehead atoms. The van der Waals surface area contributed by atoms with Gasteiger partial charge in [0.25, 0.3) is 5.91 Å². The standard InChI is InChI=1S/C19H19N3O3/c1-22-12-15(11-20-22)19(24)21-16-8-5-9-17(10-16)25-13-18(23)14-6-3-2-4-7-14/h2-12,18,23H,13H2,1H3,(H,21,24). The molecule has 1 heterocycles. The maximum Gasteiger partial charge on any atom is 0.258 e. The first-order valence-corrected chi connectivity index (χ1v) is 7.88. The quantitative estimate of drug-likeness (QED) is 0.725. The van der Waals surface area contributed by atoms with Gasteiger partial charge >= 0.3 is 0 Å². The summed E-state index contributed by atoms with van der Waals surface area (Å²) < 4.78 is 7.21. The topological polar surface area (TPSA) is 76.4 Å². The van der Waals surface area contributed by atoms with Crippen molar-refractivity contribution in [2.24, 2.45) is 7.05 Å². The number of carbonyl (C=O) groups is 1. The van der Waals surface area contributed by atoms with Crippen LogP contribution in [-0.2, 0) is 7.05 Å². The Labute approximate surface area is 145 Å². The van der Waals surface area contributed by atoms with Crippen molar-refractivity contribution >= 4 is 11.6 Å². The Morgan fingerprint density at radius 1 is 1.24 bits per heavy atom. The van der Waals surface area contributed by atoms with Crippen molar-refractivity contribution < 1.29 is 14.6 Å². The molecule has 0 saturated carbocycles. The molecule has 2 aromatic carbocycles. The summed E-state index contributed by atoms with van der Waals surface area (Å²) in [6, 6.07) is 16.4. The van der Waals surface area contributed by atoms with E-state index in [4.69, 9.17) is 4.74 Å². The van der Waals surface area contributed by atoms with Gasteiger partial charge in [0.1, 0.15) is 18.5 Å². The molecule has 2 N–H and O–H groups in total. The van der Waals surface area contributed by atoms with Crippen LogP contribution in [-0.4, -0.2) is 27.4 Å². The van der Waals surface area contributed by atoms with Crippen molar-refractivity contribution in [3.63, 3.8) is 0 Å². The summed E-state index contributed by atoms with van der Waals surface area (Å²) in [5.74, 6) is 0.327. The van der Waals surface area contributed by atoms with Crippen LogP contribution in [0.3, 0.4) is 0 Å². The molecule has 1 aromatic heterocycles. The predicted molar refractivity (Wildman–Crippen MR) is 94.5 cm³/mol. The maximum absolute atomic E-state index is 12.1. The Morgan fingerprint density at radius 2 is 2.04 bits per heavy atom. The van der Waals surface area contributed by atoms with Crippen LogP contribution in [0.15, 0.2) is 67.0 Å². The van der Waals surface area contributed by atoms with E-state index in [0.29, 0.717) is 17.0 Å². The zero-order chi connectivity index (χ0) is 17.6. The second-order valence-corrected chi connectivity index (χ2v) is 5.62. The van der Waals surface area contributed by atoms with Crippen molar-refractivity contribution in [3.8, 4) is 5.75 Å². The fourth-order valence-electron chi connectivity index (χ4n) is 2.35. The van der Waals surface area contributed by atoms with Crippen molar-refractivity contribution in [2.45, 2.75) is 6.10 Å². The third-order valence-corrected chi connectivity index (χ3v) is 3.65. The molecule has 0 saturated heterocycles. The van der Waals surface area contributed by atoms with Gasteiger partial charge in [-0.3, -0.25) is 9.48 Å². The van der Waals surface area contributed by atoms with Gasteiger partial charge < -0.3 is 15.2 Å². The van der Waals surface area contributed by atoms with Crippen LogP contribution in [0.5, 0.6) is 5.75 Å². The fraction of sp³-hybridized carbons (Fsp3) is 0.158. The molecule has 128 valence electrons. The van der Waals surface area contributed by atoms with Crippen LogP contribution in [0, 0.1) is 0 Å². The smallest absolute Gasteiger partial charge is 0.258 e. The lowest BCUT2D eigenvalue weighted by Gasteiger charge is -2.13. The van der Waals surface area contributed by atoms with E-state index in [1.165, 1.54) is 6.20 Å². The summed E-state index contributed by atoms with van der Waals surface area (Å²) in [7, 11) is 1.75. The van der Waals surface area contributed by atoms with E-state index in [9.17, 15) is 9.90 Å². The highest BCUT2D eigenvalue weighted by molar-refractivity contribution is 6.04. The molecule has 1 unspecified atom stereocenters. The number of aliphatic hydroxyl groups excluding tert-OH is 1. The average Bonchev–Trinajstić information content (AvgIpc) is 3.07. The van der Waals surface area contributed by atoms with Crippen molar-refractivity contribution in [3.05, 3.63) is 78.1 Å². The fourth-order valence-corrected chi connectivity index (χ4v) is 2.35. The highest BCUT2D eigenvalue weighted by atomic mass is 16.5. The lowest BCUT2D eigenvalue weighted by molar-refractivity contribution is 0.102. The molecule has 0 aliphatic heterocycles. The van der Waals surface area contributed by atoms with Crippen molar-refractivity contribution in [2.75, 3.05) is 11.9 Å². The van der Waals surface area contributed by atoms with Gasteiger partial charge in [0, 0.05) is 25.0 Å². The van der Waals surface area contributed by atoms with E-state index in [2.05, 4.69) is 10.4 Å². The van der Waals surface area contributed by atoms with Gasteiger partial charge in [0.05, 0.1) is 11.8 Å². The molecule has 0 fully saturated rings. The molecule has 3 rings (SSSR count). The van der Waals surface area contributed by atoms with Crippen molar-refractivity contribution in [1.82, 2.24) is 9.78 Å². The zero-order valence-electron chi connectivity index (χ0n) is 13.8. The minimum atomic E-state index is -0.713. The van der Waals surface area contributed by atoms with Gasteiger partial charge in [-0.05, 0) is 17.7 Å². The number of aliphatic hydroxyl groups is 1. The summed E-state index contributed by atoms with van der Waals surface area (Å²) >= 11 is 0. The van der Waals surface area contributed by atoms with Gasteiger partial charge in [-0.25, -0.2) is 0 Å². The van der Waals surface area contributed by atoms with Gasteiger partial charge in [-0.1, -0.05) is 36.4 Å². The van der Waals surface area contributed by atoms with E-state index in [1.54, 1.807) is 42.2 Å². The Morgan fingerprint density at radius 3 is 2.76 bits per heavy atom. The number of aromatic nitrogens is 2. The lowest BCUT2D eigenvalue weighted by atomic mass is 10.1. The largest absolute Gasteiger partial charge is 0.490 e. The number of hydrogen-bond donors (Lipinski definition) is 2. The molecule has 1 atom stereocenters. The van der Waals surface area contributed by atoms with Gasteiger partial charge in [-0.2, -0.15) is 5.10 Å². The summed E-state index contributed by atoms with van der Waals surface area (Å²) in [4.78, 5) is 12.1. The van der Waals surface area contributed by atoms with E-state index in [0.717, 1.165) is 5.56 Å². The average molecular weight is 337 g/mol. The third kappa shape index (κ3) is 4.45. The van der Waals surface area contributed by atoms with Gasteiger partial charge in [0.15, 0.2) is 0 Å². The summed E-state index contributed by atoms with van der Waals surface area (Å²) in [6.07, 6.45) is 2.44. The maximum atomic E-state index is 12.1. The lowest BCUT2D eigenvalue weighted by Crippen LogP contribution is -2.12. The van der Waals surface area contributed by atoms with Crippen LogP contribution < -0.4 is 10.1 Å². The number of amides is 1. The summed E-state index contributed by atoms with van der Waals surface area (Å²) in [5, 5.41) is 16.9. The zero-order valence-corrected chi connectivity index (χ0v) is 13.8. The van der Waals surface area contributed by atoms with E-state index in [-0.39, 0.29) is 12.5 Å². The first kappa shape index (κ1) is 16.7. The van der Waals surface area contributed by atoms with Crippen LogP contribution in [0.1, 0.15) is 22.0 Å². The van der Waals surface area contributed by atoms with Gasteiger partial charge in [0.2, 0.25) is 0 Å². The Kier molecular flexibility index (Phi) is 5.11. The van der Waals surface area contributed by atoms with Gasteiger partial charge in [-0.15, -0.1) is 0 Å². The minimum Gasteiger partial charge on any atom is -0.490 e. The Bertz CT molecular complexity index is 846. The number of benzene rings is 2. The van der Waals surface area contributed by atoms with Crippen molar-refractivity contribution in [1.29, 1.82) is 0 Å². The predicted octanol–water partition coefficient (Wildman–Crippen LogP) is 2.78. The van der Waals surface area contributed by atoms with E-state index < -0.39 is 6.10 Å². The molecule has 0 radical (unpaired) electrons. The minimum absolute atomic E-state index is 0.129. The normalized spacial score (nSPS) is 11.8. The molecule has 6 nitrogen and oxygen atoms in total. The number of anilines is 1. The molecule has 0 aliphatic rings. The summed E-state index contributed by atoms with van der Waals surface area (Å²) in [6.45, 7) is 0.129. The van der Waals surface area contributed by atoms with E-state index >= 15 is 0 Å². The SMILES string of the molecule is Cn1cc(C(=O)Nc2cccc(OCC(O)c3ccccc3)c2)cn1. The van der Waals surface area contributed by atoms with Crippen LogP contribution in [0.4, 0.5) is 5.69 Å². The number of nitrogens with zero attached hydrogens (tertiary/aromatic N) is 2. The molecular weight excluding hydrogens is 318 g/mol. The summed E-state index contributed by atoms with van der Waals surface area (Å²) in [5.41, 5.74) is 1.89. The highest BCUT2D eigenvalue weighted by Crippen LogP contribution is 2.20. The van der Waals surface area contributed by atoms with Crippen LogP contribution >= 0.6 is 0 Å². The molecule has 6 heteroatoms.